The van der Waals surface area contributed by atoms with Gasteiger partial charge < -0.3 is 14.7 Å². The Morgan fingerprint density at radius 3 is 2.19 bits per heavy atom. The minimum Gasteiger partial charge on any atom is -0.493 e. The Balaban J connectivity index is 1.24. The number of hydrogen-bond acceptors (Lipinski definition) is 3. The van der Waals surface area contributed by atoms with Gasteiger partial charge in [-0.3, -0.25) is 4.79 Å². The number of carbonyl (C=O) groups is 2. The van der Waals surface area contributed by atoms with Crippen LogP contribution in [0.2, 0.25) is 0 Å². The van der Waals surface area contributed by atoms with Crippen molar-refractivity contribution >= 4 is 11.9 Å². The first-order chi connectivity index (χ1) is 15.3. The van der Waals surface area contributed by atoms with E-state index in [1.165, 1.54) is 56.5 Å². The first-order valence-electron chi connectivity index (χ1n) is 12.3. The minimum atomic E-state index is -1.18. The predicted molar refractivity (Wildman–Crippen MR) is 116 cm³/mol. The minimum absolute atomic E-state index is 0.0379. The third-order valence-corrected chi connectivity index (χ3v) is 9.11. The molecule has 0 aliphatic heterocycles. The van der Waals surface area contributed by atoms with Crippen LogP contribution in [-0.2, 0) is 4.79 Å². The number of hydrogen-bond donors (Lipinski definition) is 1. The van der Waals surface area contributed by atoms with Crippen LogP contribution in [-0.4, -0.2) is 41.1 Å². The SMILES string of the molecule is CN(C(=O)c1cc(C2CC2)c(OCC23CC4CC(CC(C4)C2)C3)cc1F)C1(C(=O)O)CC1. The zero-order chi connectivity index (χ0) is 22.3. The Labute approximate surface area is 188 Å². The number of nitrogens with zero attached hydrogens (tertiary/aromatic N) is 1. The lowest BCUT2D eigenvalue weighted by Gasteiger charge is -2.56. The van der Waals surface area contributed by atoms with Crippen molar-refractivity contribution in [2.75, 3.05) is 13.7 Å². The highest BCUT2D eigenvalue weighted by Crippen LogP contribution is 2.60. The molecule has 6 aliphatic rings. The van der Waals surface area contributed by atoms with Crippen LogP contribution < -0.4 is 4.74 Å². The Kier molecular flexibility index (Phi) is 4.45. The molecule has 172 valence electrons. The number of benzene rings is 1. The summed E-state index contributed by atoms with van der Waals surface area (Å²) in [5.41, 5.74) is -0.0745. The van der Waals surface area contributed by atoms with Gasteiger partial charge >= 0.3 is 5.97 Å². The summed E-state index contributed by atoms with van der Waals surface area (Å²) in [5.74, 6) is 1.20. The van der Waals surface area contributed by atoms with Crippen LogP contribution in [0.5, 0.6) is 5.75 Å². The number of ether oxygens (including phenoxy) is 1. The van der Waals surface area contributed by atoms with E-state index in [0.717, 1.165) is 36.2 Å². The Morgan fingerprint density at radius 1 is 1.09 bits per heavy atom. The van der Waals surface area contributed by atoms with Gasteiger partial charge in [0, 0.05) is 18.5 Å². The number of likely N-dealkylation sites (N-methyl/N-ethyl adjacent to an activating group) is 1. The molecule has 6 fully saturated rings. The maximum atomic E-state index is 15.1. The molecule has 0 saturated heterocycles. The lowest BCUT2D eigenvalue weighted by Crippen LogP contribution is -2.48. The molecular formula is C26H32FNO4. The maximum absolute atomic E-state index is 15.1. The highest BCUT2D eigenvalue weighted by molar-refractivity contribution is 5.99. The lowest BCUT2D eigenvalue weighted by atomic mass is 9.50. The summed E-state index contributed by atoms with van der Waals surface area (Å²) in [6.45, 7) is 0.644. The molecule has 1 N–H and O–H groups in total. The van der Waals surface area contributed by atoms with Gasteiger partial charge in [0.15, 0.2) is 0 Å². The van der Waals surface area contributed by atoms with E-state index in [1.807, 2.05) is 0 Å². The second-order valence-electron chi connectivity index (χ2n) is 11.6. The number of halogens is 1. The highest BCUT2D eigenvalue weighted by atomic mass is 19.1. The maximum Gasteiger partial charge on any atom is 0.329 e. The van der Waals surface area contributed by atoms with Crippen LogP contribution in [0.15, 0.2) is 12.1 Å². The van der Waals surface area contributed by atoms with Gasteiger partial charge in [0.25, 0.3) is 5.91 Å². The van der Waals surface area contributed by atoms with Gasteiger partial charge in [-0.2, -0.15) is 0 Å². The van der Waals surface area contributed by atoms with E-state index in [-0.39, 0.29) is 11.0 Å². The molecule has 0 radical (unpaired) electrons. The van der Waals surface area contributed by atoms with Crippen LogP contribution in [0, 0.1) is 29.0 Å². The molecule has 1 aromatic rings. The Morgan fingerprint density at radius 2 is 1.69 bits per heavy atom. The van der Waals surface area contributed by atoms with E-state index in [2.05, 4.69) is 0 Å². The van der Waals surface area contributed by atoms with E-state index in [1.54, 1.807) is 6.07 Å². The summed E-state index contributed by atoms with van der Waals surface area (Å²) in [5, 5.41) is 9.52. The summed E-state index contributed by atoms with van der Waals surface area (Å²) < 4.78 is 21.5. The van der Waals surface area contributed by atoms with Crippen LogP contribution in [0.4, 0.5) is 4.39 Å². The molecule has 0 atom stereocenters. The van der Waals surface area contributed by atoms with E-state index in [4.69, 9.17) is 4.74 Å². The van der Waals surface area contributed by atoms with Crippen LogP contribution >= 0.6 is 0 Å². The van der Waals surface area contributed by atoms with Gasteiger partial charge in [0.1, 0.15) is 17.1 Å². The molecule has 5 nitrogen and oxygen atoms in total. The van der Waals surface area contributed by atoms with Gasteiger partial charge in [0.05, 0.1) is 12.2 Å². The van der Waals surface area contributed by atoms with Crippen LogP contribution in [0.25, 0.3) is 0 Å². The average molecular weight is 442 g/mol. The van der Waals surface area contributed by atoms with Crippen molar-refractivity contribution < 1.29 is 23.8 Å². The number of carboxylic acids is 1. The van der Waals surface area contributed by atoms with Crippen LogP contribution in [0.1, 0.15) is 86.0 Å². The summed E-state index contributed by atoms with van der Waals surface area (Å²) in [6.07, 6.45) is 10.7. The van der Waals surface area contributed by atoms with Crippen molar-refractivity contribution in [2.45, 2.75) is 75.7 Å². The molecule has 1 aromatic carbocycles. The Bertz CT molecular complexity index is 945. The standard InChI is InChI=1S/C26H32FNO4/c1-28(26(4-5-26)24(30)31)23(29)20-9-19(18-2-3-18)22(10-21(20)27)32-14-25-11-15-6-16(12-25)8-17(7-15)13-25/h9-10,15-18H,2-8,11-14H2,1H3,(H,30,31). The summed E-state index contributed by atoms with van der Waals surface area (Å²) in [4.78, 5) is 25.9. The second-order valence-corrected chi connectivity index (χ2v) is 11.6. The van der Waals surface area contributed by atoms with E-state index in [0.29, 0.717) is 31.1 Å². The fourth-order valence-electron chi connectivity index (χ4n) is 7.46. The number of carbonyl (C=O) groups excluding carboxylic acids is 1. The molecule has 0 spiro atoms. The third-order valence-electron chi connectivity index (χ3n) is 9.11. The van der Waals surface area contributed by atoms with Gasteiger partial charge in [-0.25, -0.2) is 9.18 Å². The number of rotatable bonds is 7. The van der Waals surface area contributed by atoms with Gasteiger partial charge in [-0.15, -0.1) is 0 Å². The van der Waals surface area contributed by atoms with E-state index < -0.39 is 23.2 Å². The number of carboxylic acid groups (broad SMARTS) is 1. The van der Waals surface area contributed by atoms with Crippen LogP contribution in [0.3, 0.4) is 0 Å². The van der Waals surface area contributed by atoms with Crippen molar-refractivity contribution in [1.82, 2.24) is 4.90 Å². The fourth-order valence-corrected chi connectivity index (χ4v) is 7.46. The molecule has 0 unspecified atom stereocenters. The van der Waals surface area contributed by atoms with Crippen molar-refractivity contribution in [1.29, 1.82) is 0 Å². The third kappa shape index (κ3) is 3.24. The molecule has 32 heavy (non-hydrogen) atoms. The molecule has 0 heterocycles. The zero-order valence-corrected chi connectivity index (χ0v) is 18.7. The van der Waals surface area contributed by atoms with Gasteiger partial charge in [-0.1, -0.05) is 0 Å². The van der Waals surface area contributed by atoms with Gasteiger partial charge in [-0.05, 0) is 99.5 Å². The first kappa shape index (κ1) is 20.5. The second kappa shape index (κ2) is 6.94. The topological polar surface area (TPSA) is 66.8 Å². The normalized spacial score (nSPS) is 33.8. The summed E-state index contributed by atoms with van der Waals surface area (Å²) >= 11 is 0. The Hall–Kier alpha value is -2.11. The van der Waals surface area contributed by atoms with E-state index in [9.17, 15) is 14.7 Å². The summed E-state index contributed by atoms with van der Waals surface area (Å²) in [6, 6.07) is 3.02. The zero-order valence-electron chi connectivity index (χ0n) is 18.7. The molecule has 6 saturated carbocycles. The summed E-state index contributed by atoms with van der Waals surface area (Å²) in [7, 11) is 1.47. The first-order valence-corrected chi connectivity index (χ1v) is 12.3. The molecule has 1 amide bonds. The number of amides is 1. The molecule has 6 heteroatoms. The molecular weight excluding hydrogens is 409 g/mol. The monoisotopic (exact) mass is 441 g/mol. The quantitative estimate of drug-likeness (QED) is 0.648. The molecule has 0 aromatic heterocycles. The fraction of sp³-hybridized carbons (Fsp3) is 0.692. The van der Waals surface area contributed by atoms with Crippen molar-refractivity contribution in [3.05, 3.63) is 29.1 Å². The molecule has 6 aliphatic carbocycles. The lowest BCUT2D eigenvalue weighted by molar-refractivity contribution is -0.143. The molecule has 4 bridgehead atoms. The van der Waals surface area contributed by atoms with Gasteiger partial charge in [0.2, 0.25) is 0 Å². The van der Waals surface area contributed by atoms with Crippen molar-refractivity contribution in [3.8, 4) is 5.75 Å². The average Bonchev–Trinajstić information content (AvgIpc) is 3.64. The molecule has 7 rings (SSSR count). The number of aliphatic carboxylic acids is 1. The predicted octanol–water partition coefficient (Wildman–Crippen LogP) is 4.99. The smallest absolute Gasteiger partial charge is 0.329 e. The highest BCUT2D eigenvalue weighted by Gasteiger charge is 2.56. The largest absolute Gasteiger partial charge is 0.493 e. The van der Waals surface area contributed by atoms with E-state index >= 15 is 4.39 Å². The van der Waals surface area contributed by atoms with Crippen molar-refractivity contribution in [2.24, 2.45) is 23.2 Å². The van der Waals surface area contributed by atoms with Crippen molar-refractivity contribution in [3.63, 3.8) is 0 Å².